The summed E-state index contributed by atoms with van der Waals surface area (Å²) in [6.07, 6.45) is 4.27. The minimum atomic E-state index is -0.143. The Bertz CT molecular complexity index is 437. The summed E-state index contributed by atoms with van der Waals surface area (Å²) in [6, 6.07) is 3.31. The molecule has 0 aromatic heterocycles. The summed E-state index contributed by atoms with van der Waals surface area (Å²) in [5.41, 5.74) is 0.622. The van der Waals surface area contributed by atoms with E-state index in [4.69, 9.17) is 32.7 Å². The second-order valence-electron chi connectivity index (χ2n) is 4.80. The van der Waals surface area contributed by atoms with Crippen LogP contribution in [0.4, 0.5) is 0 Å². The van der Waals surface area contributed by atoms with Crippen molar-refractivity contribution in [3.05, 3.63) is 27.7 Å². The number of ether oxygens (including phenoxy) is 2. The second kappa shape index (κ2) is 6.80. The molecule has 2 unspecified atom stereocenters. The van der Waals surface area contributed by atoms with E-state index >= 15 is 0 Å². The van der Waals surface area contributed by atoms with Gasteiger partial charge in [0.05, 0.1) is 17.7 Å². The fraction of sp³-hybridized carbons (Fsp3) is 0.571. The van der Waals surface area contributed by atoms with Crippen molar-refractivity contribution < 1.29 is 14.6 Å². The molecule has 106 valence electrons. The van der Waals surface area contributed by atoms with Crippen LogP contribution < -0.4 is 4.74 Å². The standard InChI is InChI=1S/C14H18Cl2O3/c1-18-11-3-2-4-12(7-11)19-14-9(8-17)5-10(15)6-13(14)16/h5-6,11-12,17H,2-4,7-8H2,1H3. The number of benzene rings is 1. The molecule has 0 heterocycles. The van der Waals surface area contributed by atoms with Crippen LogP contribution in [0.1, 0.15) is 31.2 Å². The lowest BCUT2D eigenvalue weighted by atomic mass is 9.95. The maximum Gasteiger partial charge on any atom is 0.143 e. The van der Waals surface area contributed by atoms with E-state index in [2.05, 4.69) is 0 Å². The third-order valence-electron chi connectivity index (χ3n) is 3.45. The second-order valence-corrected chi connectivity index (χ2v) is 5.64. The van der Waals surface area contributed by atoms with Crippen molar-refractivity contribution in [2.75, 3.05) is 7.11 Å². The Hall–Kier alpha value is -0.480. The highest BCUT2D eigenvalue weighted by Gasteiger charge is 2.24. The van der Waals surface area contributed by atoms with E-state index in [1.54, 1.807) is 19.2 Å². The van der Waals surface area contributed by atoms with Gasteiger partial charge in [0, 0.05) is 24.1 Å². The SMILES string of the molecule is COC1CCCC(Oc2c(Cl)cc(Cl)cc2CO)C1. The van der Waals surface area contributed by atoms with Crippen LogP contribution in [0.2, 0.25) is 10.0 Å². The molecule has 0 amide bonds. The van der Waals surface area contributed by atoms with E-state index in [1.807, 2.05) is 0 Å². The van der Waals surface area contributed by atoms with Crippen molar-refractivity contribution in [1.82, 2.24) is 0 Å². The van der Waals surface area contributed by atoms with Crippen LogP contribution >= 0.6 is 23.2 Å². The fourth-order valence-electron chi connectivity index (χ4n) is 2.45. The molecule has 1 saturated carbocycles. The lowest BCUT2D eigenvalue weighted by Gasteiger charge is -2.29. The van der Waals surface area contributed by atoms with Gasteiger partial charge in [0.1, 0.15) is 11.9 Å². The summed E-state index contributed by atoms with van der Waals surface area (Å²) in [6.45, 7) is -0.143. The lowest BCUT2D eigenvalue weighted by Crippen LogP contribution is -2.29. The Morgan fingerprint density at radius 1 is 1.26 bits per heavy atom. The molecule has 1 aliphatic rings. The van der Waals surface area contributed by atoms with Gasteiger partial charge in [0.2, 0.25) is 0 Å². The van der Waals surface area contributed by atoms with Gasteiger partial charge in [-0.1, -0.05) is 23.2 Å². The smallest absolute Gasteiger partial charge is 0.143 e. The minimum absolute atomic E-state index is 0.0719. The van der Waals surface area contributed by atoms with Crippen LogP contribution in [-0.4, -0.2) is 24.4 Å². The molecule has 0 spiro atoms. The van der Waals surface area contributed by atoms with Gasteiger partial charge in [-0.3, -0.25) is 0 Å². The molecule has 1 N–H and O–H groups in total. The first kappa shape index (κ1) is 14.9. The van der Waals surface area contributed by atoms with Gasteiger partial charge < -0.3 is 14.6 Å². The molecular formula is C14H18Cl2O3. The molecule has 0 radical (unpaired) electrons. The number of hydrogen-bond donors (Lipinski definition) is 1. The molecule has 1 aromatic carbocycles. The van der Waals surface area contributed by atoms with Gasteiger partial charge in [-0.05, 0) is 31.4 Å². The summed E-state index contributed by atoms with van der Waals surface area (Å²) >= 11 is 12.1. The highest BCUT2D eigenvalue weighted by molar-refractivity contribution is 6.35. The first-order chi connectivity index (χ1) is 9.13. The zero-order valence-electron chi connectivity index (χ0n) is 10.9. The first-order valence-electron chi connectivity index (χ1n) is 6.42. The van der Waals surface area contributed by atoms with E-state index in [0.29, 0.717) is 21.4 Å². The average molecular weight is 305 g/mol. The molecule has 0 saturated heterocycles. The van der Waals surface area contributed by atoms with Gasteiger partial charge in [-0.2, -0.15) is 0 Å². The van der Waals surface area contributed by atoms with E-state index in [1.165, 1.54) is 0 Å². The summed E-state index contributed by atoms with van der Waals surface area (Å²) in [7, 11) is 1.72. The van der Waals surface area contributed by atoms with Crippen LogP contribution in [0.5, 0.6) is 5.75 Å². The summed E-state index contributed by atoms with van der Waals surface area (Å²) < 4.78 is 11.3. The van der Waals surface area contributed by atoms with Crippen molar-refractivity contribution in [1.29, 1.82) is 0 Å². The van der Waals surface area contributed by atoms with Crippen LogP contribution in [0, 0.1) is 0 Å². The van der Waals surface area contributed by atoms with Gasteiger partial charge in [-0.25, -0.2) is 0 Å². The number of aliphatic hydroxyl groups excluding tert-OH is 1. The van der Waals surface area contributed by atoms with Gasteiger partial charge >= 0.3 is 0 Å². The van der Waals surface area contributed by atoms with E-state index in [0.717, 1.165) is 25.7 Å². The van der Waals surface area contributed by atoms with Gasteiger partial charge in [0.15, 0.2) is 0 Å². The molecular weight excluding hydrogens is 287 g/mol. The monoisotopic (exact) mass is 304 g/mol. The normalized spacial score (nSPS) is 23.4. The molecule has 3 nitrogen and oxygen atoms in total. The topological polar surface area (TPSA) is 38.7 Å². The van der Waals surface area contributed by atoms with Crippen LogP contribution in [0.25, 0.3) is 0 Å². The Morgan fingerprint density at radius 2 is 2.00 bits per heavy atom. The third-order valence-corrected chi connectivity index (χ3v) is 3.95. The van der Waals surface area contributed by atoms with Crippen molar-refractivity contribution >= 4 is 23.2 Å². The maximum atomic E-state index is 9.37. The lowest BCUT2D eigenvalue weighted by molar-refractivity contribution is 0.0203. The molecule has 0 bridgehead atoms. The van der Waals surface area contributed by atoms with Crippen LogP contribution in [0.15, 0.2) is 12.1 Å². The quantitative estimate of drug-likeness (QED) is 0.919. The molecule has 5 heteroatoms. The van der Waals surface area contributed by atoms with Crippen molar-refractivity contribution in [3.8, 4) is 5.75 Å². The Balaban J connectivity index is 2.14. The summed E-state index contributed by atoms with van der Waals surface area (Å²) in [5, 5.41) is 10.3. The Kier molecular flexibility index (Phi) is 5.34. The molecule has 1 aromatic rings. The summed E-state index contributed by atoms with van der Waals surface area (Å²) in [5.74, 6) is 0.537. The number of rotatable bonds is 4. The van der Waals surface area contributed by atoms with Crippen LogP contribution in [0.3, 0.4) is 0 Å². The zero-order valence-corrected chi connectivity index (χ0v) is 12.4. The Morgan fingerprint density at radius 3 is 2.68 bits per heavy atom. The number of aliphatic hydroxyl groups is 1. The molecule has 19 heavy (non-hydrogen) atoms. The first-order valence-corrected chi connectivity index (χ1v) is 7.18. The van der Waals surface area contributed by atoms with Gasteiger partial charge in [0.25, 0.3) is 0 Å². The largest absolute Gasteiger partial charge is 0.488 e. The van der Waals surface area contributed by atoms with E-state index in [9.17, 15) is 5.11 Å². The van der Waals surface area contributed by atoms with Gasteiger partial charge in [-0.15, -0.1) is 0 Å². The average Bonchev–Trinajstić information content (AvgIpc) is 2.41. The maximum absolute atomic E-state index is 9.37. The highest BCUT2D eigenvalue weighted by atomic mass is 35.5. The predicted molar refractivity (Wildman–Crippen MR) is 76.1 cm³/mol. The van der Waals surface area contributed by atoms with Crippen molar-refractivity contribution in [3.63, 3.8) is 0 Å². The molecule has 1 aliphatic carbocycles. The highest BCUT2D eigenvalue weighted by Crippen LogP contribution is 2.35. The third kappa shape index (κ3) is 3.76. The van der Waals surface area contributed by atoms with E-state index < -0.39 is 0 Å². The minimum Gasteiger partial charge on any atom is -0.488 e. The molecule has 1 fully saturated rings. The number of methoxy groups -OCH3 is 1. The molecule has 2 atom stereocenters. The summed E-state index contributed by atoms with van der Waals surface area (Å²) in [4.78, 5) is 0. The molecule has 2 rings (SSSR count). The molecule has 0 aliphatic heterocycles. The van der Waals surface area contributed by atoms with Crippen molar-refractivity contribution in [2.24, 2.45) is 0 Å². The number of halogens is 2. The van der Waals surface area contributed by atoms with E-state index in [-0.39, 0.29) is 18.8 Å². The predicted octanol–water partition coefficient (Wildman–Crippen LogP) is 3.82. The number of hydrogen-bond acceptors (Lipinski definition) is 3. The Labute approximate surface area is 123 Å². The van der Waals surface area contributed by atoms with Crippen molar-refractivity contribution in [2.45, 2.75) is 44.5 Å². The fourth-order valence-corrected chi connectivity index (χ4v) is 3.03. The van der Waals surface area contributed by atoms with Crippen LogP contribution in [-0.2, 0) is 11.3 Å². The zero-order chi connectivity index (χ0) is 13.8.